The highest BCUT2D eigenvalue weighted by Gasteiger charge is 2.30. The van der Waals surface area contributed by atoms with Crippen molar-refractivity contribution in [3.8, 4) is 17.2 Å². The number of carbonyl (C=O) groups is 1. The van der Waals surface area contributed by atoms with Crippen LogP contribution in [0.1, 0.15) is 11.6 Å². The van der Waals surface area contributed by atoms with Crippen LogP contribution in [0.2, 0.25) is 0 Å². The van der Waals surface area contributed by atoms with E-state index in [1.54, 1.807) is 13.2 Å². The number of primary amides is 1. The van der Waals surface area contributed by atoms with E-state index >= 15 is 0 Å². The molecule has 3 rings (SSSR count). The van der Waals surface area contributed by atoms with Gasteiger partial charge < -0.3 is 25.3 Å². The van der Waals surface area contributed by atoms with Crippen molar-refractivity contribution in [3.05, 3.63) is 17.7 Å². The van der Waals surface area contributed by atoms with Crippen LogP contribution in [-0.2, 0) is 4.79 Å². The van der Waals surface area contributed by atoms with E-state index in [2.05, 4.69) is 10.2 Å². The lowest BCUT2D eigenvalue weighted by Crippen LogP contribution is -2.48. The second-order valence-corrected chi connectivity index (χ2v) is 5.05. The minimum Gasteiger partial charge on any atom is -0.493 e. The highest BCUT2D eigenvalue weighted by atomic mass is 16.7. The number of rotatable bonds is 4. The molecule has 2 heterocycles. The van der Waals surface area contributed by atoms with Gasteiger partial charge in [0.05, 0.1) is 7.11 Å². The van der Waals surface area contributed by atoms with Crippen molar-refractivity contribution in [2.75, 3.05) is 40.1 Å². The number of ether oxygens (including phenoxy) is 3. The summed E-state index contributed by atoms with van der Waals surface area (Å²) in [5, 5.41) is 3.26. The topological polar surface area (TPSA) is 86.1 Å². The Kier molecular flexibility index (Phi) is 3.85. The molecule has 1 saturated heterocycles. The molecule has 1 amide bonds. The van der Waals surface area contributed by atoms with Crippen LogP contribution in [0, 0.1) is 0 Å². The van der Waals surface area contributed by atoms with E-state index in [9.17, 15) is 4.79 Å². The van der Waals surface area contributed by atoms with Crippen molar-refractivity contribution in [1.82, 2.24) is 10.2 Å². The Labute approximate surface area is 122 Å². The summed E-state index contributed by atoms with van der Waals surface area (Å²) < 4.78 is 16.1. The van der Waals surface area contributed by atoms with Crippen molar-refractivity contribution < 1.29 is 19.0 Å². The van der Waals surface area contributed by atoms with E-state index in [-0.39, 0.29) is 12.7 Å². The molecule has 0 bridgehead atoms. The number of benzene rings is 1. The molecule has 3 N–H and O–H groups in total. The van der Waals surface area contributed by atoms with E-state index in [1.165, 1.54) is 0 Å². The first-order valence-electron chi connectivity index (χ1n) is 6.92. The molecule has 0 aromatic heterocycles. The Bertz CT molecular complexity index is 543. The largest absolute Gasteiger partial charge is 0.493 e. The molecule has 2 aliphatic heterocycles. The smallest absolute Gasteiger partial charge is 0.239 e. The van der Waals surface area contributed by atoms with Gasteiger partial charge in [0.25, 0.3) is 0 Å². The number of piperazine rings is 1. The van der Waals surface area contributed by atoms with Gasteiger partial charge in [0.15, 0.2) is 11.5 Å². The van der Waals surface area contributed by atoms with E-state index in [4.69, 9.17) is 19.9 Å². The molecule has 1 fully saturated rings. The quantitative estimate of drug-likeness (QED) is 0.803. The van der Waals surface area contributed by atoms with Crippen molar-refractivity contribution in [2.24, 2.45) is 5.73 Å². The number of methoxy groups -OCH3 is 1. The average Bonchev–Trinajstić information content (AvgIpc) is 2.95. The summed E-state index contributed by atoms with van der Waals surface area (Å²) in [4.78, 5) is 14.0. The maximum absolute atomic E-state index is 11.9. The summed E-state index contributed by atoms with van der Waals surface area (Å²) >= 11 is 0. The van der Waals surface area contributed by atoms with Crippen LogP contribution in [0.5, 0.6) is 17.2 Å². The zero-order valence-corrected chi connectivity index (χ0v) is 11.9. The fraction of sp³-hybridized carbons (Fsp3) is 0.500. The lowest BCUT2D eigenvalue weighted by Gasteiger charge is -2.33. The van der Waals surface area contributed by atoms with Crippen molar-refractivity contribution in [2.45, 2.75) is 6.04 Å². The zero-order valence-electron chi connectivity index (χ0n) is 11.9. The maximum Gasteiger partial charge on any atom is 0.239 e. The highest BCUT2D eigenvalue weighted by molar-refractivity contribution is 5.82. The van der Waals surface area contributed by atoms with Crippen molar-refractivity contribution in [1.29, 1.82) is 0 Å². The van der Waals surface area contributed by atoms with Gasteiger partial charge in [0, 0.05) is 26.2 Å². The number of nitrogens with one attached hydrogen (secondary N) is 1. The molecule has 0 saturated carbocycles. The second kappa shape index (κ2) is 5.79. The van der Waals surface area contributed by atoms with Gasteiger partial charge in [-0.2, -0.15) is 0 Å². The van der Waals surface area contributed by atoms with Gasteiger partial charge in [-0.25, -0.2) is 0 Å². The van der Waals surface area contributed by atoms with Gasteiger partial charge in [0.2, 0.25) is 18.4 Å². The van der Waals surface area contributed by atoms with E-state index in [0.717, 1.165) is 31.7 Å². The van der Waals surface area contributed by atoms with Crippen LogP contribution in [0.15, 0.2) is 12.1 Å². The molecule has 1 atom stereocenters. The first-order chi connectivity index (χ1) is 10.2. The fourth-order valence-electron chi connectivity index (χ4n) is 2.80. The number of nitrogens with zero attached hydrogens (tertiary/aromatic N) is 1. The standard InChI is InChI=1S/C14H19N3O4/c1-19-10-6-9(7-11-13(10)21-8-20-11)12(14(15)18)17-4-2-16-3-5-17/h6-7,12,16H,2-5,8H2,1H3,(H2,15,18). The third kappa shape index (κ3) is 2.62. The molecule has 0 radical (unpaired) electrons. The fourth-order valence-corrected chi connectivity index (χ4v) is 2.80. The van der Waals surface area contributed by atoms with Crippen molar-refractivity contribution in [3.63, 3.8) is 0 Å². The monoisotopic (exact) mass is 293 g/mol. The number of nitrogens with two attached hydrogens (primary N) is 1. The van der Waals surface area contributed by atoms with Crippen molar-refractivity contribution >= 4 is 5.91 Å². The SMILES string of the molecule is COc1cc(C(C(N)=O)N2CCNCC2)cc2c1OCO2. The third-order valence-corrected chi connectivity index (χ3v) is 3.78. The van der Waals surface area contributed by atoms with Gasteiger partial charge in [-0.05, 0) is 17.7 Å². The Morgan fingerprint density at radius 1 is 1.38 bits per heavy atom. The molecule has 0 spiro atoms. The van der Waals surface area contributed by atoms with Crippen LogP contribution < -0.4 is 25.3 Å². The van der Waals surface area contributed by atoms with Gasteiger partial charge in [-0.3, -0.25) is 9.69 Å². The van der Waals surface area contributed by atoms with E-state index < -0.39 is 6.04 Å². The van der Waals surface area contributed by atoms with Gasteiger partial charge >= 0.3 is 0 Å². The Morgan fingerprint density at radius 3 is 2.81 bits per heavy atom. The van der Waals surface area contributed by atoms with Crippen LogP contribution in [-0.4, -0.2) is 50.9 Å². The van der Waals surface area contributed by atoms with E-state index in [0.29, 0.717) is 17.2 Å². The number of carbonyl (C=O) groups excluding carboxylic acids is 1. The molecule has 2 aliphatic rings. The molecule has 1 aromatic rings. The van der Waals surface area contributed by atoms with Gasteiger partial charge in [-0.1, -0.05) is 0 Å². The predicted molar refractivity (Wildman–Crippen MR) is 75.5 cm³/mol. The molecule has 7 heteroatoms. The molecule has 1 aromatic carbocycles. The summed E-state index contributed by atoms with van der Waals surface area (Å²) in [7, 11) is 1.56. The molecule has 21 heavy (non-hydrogen) atoms. The number of amides is 1. The van der Waals surface area contributed by atoms with Gasteiger partial charge in [-0.15, -0.1) is 0 Å². The number of hydrogen-bond donors (Lipinski definition) is 2. The summed E-state index contributed by atoms with van der Waals surface area (Å²) in [6.07, 6.45) is 0. The molecule has 114 valence electrons. The Morgan fingerprint density at radius 2 is 2.14 bits per heavy atom. The summed E-state index contributed by atoms with van der Waals surface area (Å²) in [5.74, 6) is 1.34. The minimum atomic E-state index is -0.490. The molecule has 1 unspecified atom stereocenters. The molecule has 0 aliphatic carbocycles. The predicted octanol–water partition coefficient (Wildman–Crippen LogP) is -0.144. The molecular weight excluding hydrogens is 274 g/mol. The van der Waals surface area contributed by atoms with Crippen LogP contribution in [0.3, 0.4) is 0 Å². The Hall–Kier alpha value is -1.99. The van der Waals surface area contributed by atoms with Crippen LogP contribution in [0.4, 0.5) is 0 Å². The average molecular weight is 293 g/mol. The minimum absolute atomic E-state index is 0.157. The third-order valence-electron chi connectivity index (χ3n) is 3.78. The summed E-state index contributed by atoms with van der Waals surface area (Å²) in [5.41, 5.74) is 6.39. The Balaban J connectivity index is 1.97. The zero-order chi connectivity index (χ0) is 14.8. The summed E-state index contributed by atoms with van der Waals surface area (Å²) in [6.45, 7) is 3.37. The lowest BCUT2D eigenvalue weighted by atomic mass is 10.0. The molecular formula is C14H19N3O4. The highest BCUT2D eigenvalue weighted by Crippen LogP contribution is 2.43. The first kappa shape index (κ1) is 14.0. The van der Waals surface area contributed by atoms with Crippen LogP contribution >= 0.6 is 0 Å². The summed E-state index contributed by atoms with van der Waals surface area (Å²) in [6, 6.07) is 3.11. The van der Waals surface area contributed by atoms with E-state index in [1.807, 2.05) is 6.07 Å². The van der Waals surface area contributed by atoms with Gasteiger partial charge in [0.1, 0.15) is 6.04 Å². The maximum atomic E-state index is 11.9. The number of fused-ring (bicyclic) bond motifs is 1. The normalized spacial score (nSPS) is 19.3. The number of hydrogen-bond acceptors (Lipinski definition) is 6. The van der Waals surface area contributed by atoms with Crippen LogP contribution in [0.25, 0.3) is 0 Å². The first-order valence-corrected chi connectivity index (χ1v) is 6.92. The lowest BCUT2D eigenvalue weighted by molar-refractivity contribution is -0.123. The molecule has 7 nitrogen and oxygen atoms in total. The second-order valence-electron chi connectivity index (χ2n) is 5.05.